The number of thiophene rings is 1. The van der Waals surface area contributed by atoms with Gasteiger partial charge in [-0.15, -0.1) is 11.3 Å². The largest absolute Gasteiger partial charge is 0.361 e. The van der Waals surface area contributed by atoms with Gasteiger partial charge in [0.15, 0.2) is 5.96 Å². The van der Waals surface area contributed by atoms with Crippen LogP contribution in [0.15, 0.2) is 46.9 Å². The molecule has 0 fully saturated rings. The van der Waals surface area contributed by atoms with E-state index in [1.54, 1.807) is 4.88 Å². The SMILES string of the molecule is CCNC(=NCCN1CCc2sccc2C1)NCCc1c[nH]c2ccccc12. The van der Waals surface area contributed by atoms with Crippen molar-refractivity contribution in [3.05, 3.63) is 57.9 Å². The third kappa shape index (κ3) is 4.56. The molecule has 5 nitrogen and oxygen atoms in total. The topological polar surface area (TPSA) is 55.5 Å². The molecule has 28 heavy (non-hydrogen) atoms. The van der Waals surface area contributed by atoms with Gasteiger partial charge in [-0.3, -0.25) is 9.89 Å². The Balaban J connectivity index is 1.26. The molecular formula is C22H29N5S. The standard InChI is InChI=1S/C22H29N5S/c1-2-23-22(24-10-7-17-15-26-20-6-4-3-5-19(17)20)25-11-13-27-12-8-21-18(16-27)9-14-28-21/h3-6,9,14-15,26H,2,7-8,10-13,16H2,1H3,(H2,23,24,25). The molecule has 3 heterocycles. The fourth-order valence-electron chi connectivity index (χ4n) is 3.80. The monoisotopic (exact) mass is 395 g/mol. The molecule has 4 rings (SSSR count). The fourth-order valence-corrected chi connectivity index (χ4v) is 4.69. The van der Waals surface area contributed by atoms with Gasteiger partial charge >= 0.3 is 0 Å². The molecule has 1 aliphatic heterocycles. The molecule has 3 N–H and O–H groups in total. The molecule has 6 heteroatoms. The Hall–Kier alpha value is -2.31. The number of aromatic nitrogens is 1. The summed E-state index contributed by atoms with van der Waals surface area (Å²) in [4.78, 5) is 12.2. The van der Waals surface area contributed by atoms with Crippen LogP contribution in [0.3, 0.4) is 0 Å². The quantitative estimate of drug-likeness (QED) is 0.425. The molecule has 1 aliphatic rings. The number of guanidine groups is 1. The Morgan fingerprint density at radius 2 is 2.18 bits per heavy atom. The van der Waals surface area contributed by atoms with Crippen LogP contribution in [0.25, 0.3) is 10.9 Å². The Morgan fingerprint density at radius 3 is 3.11 bits per heavy atom. The van der Waals surface area contributed by atoms with Crippen molar-refractivity contribution in [2.75, 3.05) is 32.7 Å². The Bertz CT molecular complexity index is 926. The van der Waals surface area contributed by atoms with Crippen LogP contribution in [-0.2, 0) is 19.4 Å². The molecule has 2 aromatic heterocycles. The zero-order valence-electron chi connectivity index (χ0n) is 16.5. The van der Waals surface area contributed by atoms with Crippen LogP contribution < -0.4 is 10.6 Å². The van der Waals surface area contributed by atoms with Gasteiger partial charge in [0.2, 0.25) is 0 Å². The first-order valence-corrected chi connectivity index (χ1v) is 11.1. The molecular weight excluding hydrogens is 366 g/mol. The minimum absolute atomic E-state index is 0.821. The van der Waals surface area contributed by atoms with Gasteiger partial charge in [-0.25, -0.2) is 0 Å². The van der Waals surface area contributed by atoms with E-state index in [0.29, 0.717) is 0 Å². The Morgan fingerprint density at radius 1 is 1.25 bits per heavy atom. The van der Waals surface area contributed by atoms with E-state index >= 15 is 0 Å². The van der Waals surface area contributed by atoms with Crippen LogP contribution in [0.1, 0.15) is 22.9 Å². The van der Waals surface area contributed by atoms with E-state index in [9.17, 15) is 0 Å². The van der Waals surface area contributed by atoms with Gasteiger partial charge in [-0.2, -0.15) is 0 Å². The zero-order chi connectivity index (χ0) is 19.2. The summed E-state index contributed by atoms with van der Waals surface area (Å²) in [5.74, 6) is 0.913. The van der Waals surface area contributed by atoms with Crippen LogP contribution >= 0.6 is 11.3 Å². The molecule has 3 aromatic rings. The molecule has 0 amide bonds. The van der Waals surface area contributed by atoms with E-state index in [2.05, 4.69) is 69.3 Å². The minimum atomic E-state index is 0.821. The van der Waals surface area contributed by atoms with E-state index in [-0.39, 0.29) is 0 Å². The maximum absolute atomic E-state index is 4.78. The molecule has 0 unspecified atom stereocenters. The van der Waals surface area contributed by atoms with Gasteiger partial charge in [0.25, 0.3) is 0 Å². The first-order valence-electron chi connectivity index (χ1n) is 10.2. The van der Waals surface area contributed by atoms with E-state index in [0.717, 1.165) is 51.6 Å². The number of aliphatic imine (C=N–C) groups is 1. The normalized spacial score (nSPS) is 15.0. The highest BCUT2D eigenvalue weighted by Crippen LogP contribution is 2.23. The number of para-hydroxylation sites is 1. The summed E-state index contributed by atoms with van der Waals surface area (Å²) in [6, 6.07) is 10.7. The van der Waals surface area contributed by atoms with E-state index in [4.69, 9.17) is 4.99 Å². The molecule has 0 spiro atoms. The molecule has 0 saturated heterocycles. The van der Waals surface area contributed by atoms with Crippen molar-refractivity contribution in [2.45, 2.75) is 26.3 Å². The van der Waals surface area contributed by atoms with Crippen molar-refractivity contribution in [1.29, 1.82) is 0 Å². The van der Waals surface area contributed by atoms with Crippen molar-refractivity contribution in [3.63, 3.8) is 0 Å². The lowest BCUT2D eigenvalue weighted by atomic mass is 10.1. The third-order valence-corrected chi connectivity index (χ3v) is 6.30. The second-order valence-corrected chi connectivity index (χ2v) is 8.19. The highest BCUT2D eigenvalue weighted by atomic mass is 32.1. The number of H-pyrrole nitrogens is 1. The first-order chi connectivity index (χ1) is 13.8. The number of aromatic amines is 1. The maximum atomic E-state index is 4.78. The number of hydrogen-bond donors (Lipinski definition) is 3. The number of rotatable bonds is 7. The van der Waals surface area contributed by atoms with Gasteiger partial charge in [-0.05, 0) is 48.4 Å². The Kier molecular flexibility index (Phi) is 6.29. The van der Waals surface area contributed by atoms with E-state index in [1.165, 1.54) is 28.5 Å². The van der Waals surface area contributed by atoms with Gasteiger partial charge in [0.05, 0.1) is 6.54 Å². The van der Waals surface area contributed by atoms with Crippen LogP contribution in [0.4, 0.5) is 0 Å². The summed E-state index contributed by atoms with van der Waals surface area (Å²) in [6.45, 7) is 7.90. The highest BCUT2D eigenvalue weighted by Gasteiger charge is 2.16. The first kappa shape index (κ1) is 19.0. The number of nitrogens with one attached hydrogen (secondary N) is 3. The summed E-state index contributed by atoms with van der Waals surface area (Å²) in [7, 11) is 0. The summed E-state index contributed by atoms with van der Waals surface area (Å²) in [5.41, 5.74) is 4.05. The van der Waals surface area contributed by atoms with Crippen molar-refractivity contribution in [2.24, 2.45) is 4.99 Å². The van der Waals surface area contributed by atoms with Crippen molar-refractivity contribution >= 4 is 28.2 Å². The predicted octanol–water partition coefficient (Wildman–Crippen LogP) is 3.39. The average molecular weight is 396 g/mol. The zero-order valence-corrected chi connectivity index (χ0v) is 17.3. The lowest BCUT2D eigenvalue weighted by Crippen LogP contribution is -2.39. The maximum Gasteiger partial charge on any atom is 0.191 e. The third-order valence-electron chi connectivity index (χ3n) is 5.28. The fraction of sp³-hybridized carbons (Fsp3) is 0.409. The van der Waals surface area contributed by atoms with Crippen molar-refractivity contribution in [3.8, 4) is 0 Å². The molecule has 148 valence electrons. The van der Waals surface area contributed by atoms with Crippen molar-refractivity contribution in [1.82, 2.24) is 20.5 Å². The molecule has 0 radical (unpaired) electrons. The van der Waals surface area contributed by atoms with E-state index in [1.807, 2.05) is 11.3 Å². The second kappa shape index (κ2) is 9.26. The second-order valence-electron chi connectivity index (χ2n) is 7.19. The molecule has 1 aromatic carbocycles. The highest BCUT2D eigenvalue weighted by molar-refractivity contribution is 7.10. The van der Waals surface area contributed by atoms with Gasteiger partial charge in [0.1, 0.15) is 0 Å². The lowest BCUT2D eigenvalue weighted by molar-refractivity contribution is 0.263. The minimum Gasteiger partial charge on any atom is -0.361 e. The summed E-state index contributed by atoms with van der Waals surface area (Å²) in [5, 5.41) is 10.4. The molecule has 0 bridgehead atoms. The predicted molar refractivity (Wildman–Crippen MR) is 119 cm³/mol. The van der Waals surface area contributed by atoms with Gasteiger partial charge < -0.3 is 15.6 Å². The van der Waals surface area contributed by atoms with Gasteiger partial charge in [0, 0.05) is 54.7 Å². The Labute approximate surface area is 170 Å². The summed E-state index contributed by atoms with van der Waals surface area (Å²) < 4.78 is 0. The average Bonchev–Trinajstić information content (AvgIpc) is 3.35. The van der Waals surface area contributed by atoms with Crippen LogP contribution in [0.5, 0.6) is 0 Å². The molecule has 0 saturated carbocycles. The number of hydrogen-bond acceptors (Lipinski definition) is 3. The molecule has 0 aliphatic carbocycles. The summed E-state index contributed by atoms with van der Waals surface area (Å²) >= 11 is 1.89. The van der Waals surface area contributed by atoms with Crippen LogP contribution in [0, 0.1) is 0 Å². The molecule has 0 atom stereocenters. The smallest absolute Gasteiger partial charge is 0.191 e. The van der Waals surface area contributed by atoms with E-state index < -0.39 is 0 Å². The number of benzene rings is 1. The van der Waals surface area contributed by atoms with Crippen molar-refractivity contribution < 1.29 is 0 Å². The number of nitrogens with zero attached hydrogens (tertiary/aromatic N) is 2. The van der Waals surface area contributed by atoms with Crippen LogP contribution in [-0.4, -0.2) is 48.6 Å². The summed E-state index contributed by atoms with van der Waals surface area (Å²) in [6.07, 6.45) is 4.27. The van der Waals surface area contributed by atoms with Crippen LogP contribution in [0.2, 0.25) is 0 Å². The van der Waals surface area contributed by atoms with Gasteiger partial charge in [-0.1, -0.05) is 18.2 Å². The lowest BCUT2D eigenvalue weighted by Gasteiger charge is -2.26. The number of fused-ring (bicyclic) bond motifs is 2.